The topological polar surface area (TPSA) is 12.0 Å². The molecule has 1 N–H and O–H groups in total. The molecule has 0 bridgehead atoms. The third kappa shape index (κ3) is 2.75. The van der Waals surface area contributed by atoms with E-state index in [0.717, 1.165) is 23.7 Å². The van der Waals surface area contributed by atoms with Gasteiger partial charge in [-0.3, -0.25) is 0 Å². The molecule has 2 saturated carbocycles. The van der Waals surface area contributed by atoms with Crippen molar-refractivity contribution in [1.29, 1.82) is 0 Å². The average molecular weight is 246 g/mol. The minimum atomic E-state index is 0.818. The lowest BCUT2D eigenvalue weighted by Crippen LogP contribution is -2.36. The normalized spacial score (nSPS) is 35.3. The summed E-state index contributed by atoms with van der Waals surface area (Å²) in [5.41, 5.74) is 0. The molecule has 0 aromatic heterocycles. The zero-order valence-corrected chi connectivity index (χ0v) is 11.6. The number of rotatable bonds is 2. The Labute approximate surface area is 112 Å². The smallest absolute Gasteiger partial charge is 0.0496 e. The van der Waals surface area contributed by atoms with Crippen LogP contribution in [0.15, 0.2) is 12.3 Å². The standard InChI is InChI=1S/C17H28N/c1-3-7-14(8-4-1)16-11-12-18-13-17(16)15-9-5-2-6-10-15/h11-18H,1-10H2. The van der Waals surface area contributed by atoms with E-state index in [1.54, 1.807) is 0 Å². The summed E-state index contributed by atoms with van der Waals surface area (Å²) in [7, 11) is 0. The fourth-order valence-corrected chi connectivity index (χ4v) is 4.53. The molecule has 1 heteroatoms. The number of nitrogens with one attached hydrogen (secondary N) is 1. The van der Waals surface area contributed by atoms with Crippen molar-refractivity contribution in [2.45, 2.75) is 64.2 Å². The van der Waals surface area contributed by atoms with Crippen molar-refractivity contribution in [3.8, 4) is 0 Å². The molecule has 2 unspecified atom stereocenters. The monoisotopic (exact) mass is 246 g/mol. The van der Waals surface area contributed by atoms with Gasteiger partial charge in [-0.15, -0.1) is 0 Å². The molecule has 2 aliphatic carbocycles. The van der Waals surface area contributed by atoms with Crippen LogP contribution in [0, 0.1) is 30.2 Å². The quantitative estimate of drug-likeness (QED) is 0.747. The molecule has 18 heavy (non-hydrogen) atoms. The van der Waals surface area contributed by atoms with E-state index in [9.17, 15) is 0 Å². The minimum absolute atomic E-state index is 0.818. The van der Waals surface area contributed by atoms with E-state index in [4.69, 9.17) is 0 Å². The maximum Gasteiger partial charge on any atom is 0.0496 e. The van der Waals surface area contributed by atoms with Crippen LogP contribution in [0.3, 0.4) is 0 Å². The lowest BCUT2D eigenvalue weighted by atomic mass is 9.66. The summed E-state index contributed by atoms with van der Waals surface area (Å²) < 4.78 is 0. The predicted molar refractivity (Wildman–Crippen MR) is 76.7 cm³/mol. The molecule has 3 aliphatic rings. The van der Waals surface area contributed by atoms with E-state index >= 15 is 0 Å². The van der Waals surface area contributed by atoms with Gasteiger partial charge in [0, 0.05) is 6.54 Å². The van der Waals surface area contributed by atoms with Gasteiger partial charge in [0.2, 0.25) is 0 Å². The molecule has 1 heterocycles. The van der Waals surface area contributed by atoms with Gasteiger partial charge in [0.1, 0.15) is 0 Å². The molecule has 3 rings (SSSR count). The highest BCUT2D eigenvalue weighted by Crippen LogP contribution is 2.43. The Morgan fingerprint density at radius 3 is 1.83 bits per heavy atom. The molecule has 1 aliphatic heterocycles. The predicted octanol–water partition coefficient (Wildman–Crippen LogP) is 4.66. The van der Waals surface area contributed by atoms with E-state index in [1.807, 2.05) is 0 Å². The van der Waals surface area contributed by atoms with Crippen LogP contribution in [-0.4, -0.2) is 0 Å². The van der Waals surface area contributed by atoms with Gasteiger partial charge < -0.3 is 5.32 Å². The van der Waals surface area contributed by atoms with Gasteiger partial charge in [-0.05, 0) is 42.7 Å². The Hall–Kier alpha value is -0.460. The fraction of sp³-hybridized carbons (Fsp3) is 0.824. The molecule has 2 atom stereocenters. The maximum absolute atomic E-state index is 3.40. The van der Waals surface area contributed by atoms with Crippen LogP contribution >= 0.6 is 0 Å². The summed E-state index contributed by atoms with van der Waals surface area (Å²) in [4.78, 5) is 0. The van der Waals surface area contributed by atoms with Gasteiger partial charge in [0.25, 0.3) is 0 Å². The Morgan fingerprint density at radius 2 is 1.22 bits per heavy atom. The average Bonchev–Trinajstić information content (AvgIpc) is 2.49. The molecule has 0 aromatic rings. The van der Waals surface area contributed by atoms with Gasteiger partial charge in [-0.2, -0.15) is 0 Å². The van der Waals surface area contributed by atoms with Gasteiger partial charge in [0.15, 0.2) is 0 Å². The molecule has 2 fully saturated rings. The largest absolute Gasteiger partial charge is 0.386 e. The van der Waals surface area contributed by atoms with Crippen LogP contribution in [0.1, 0.15) is 64.2 Å². The van der Waals surface area contributed by atoms with Gasteiger partial charge in [-0.25, -0.2) is 0 Å². The minimum Gasteiger partial charge on any atom is -0.386 e. The number of hydrogen-bond donors (Lipinski definition) is 1. The van der Waals surface area contributed by atoms with Crippen molar-refractivity contribution in [2.75, 3.05) is 0 Å². The zero-order valence-electron chi connectivity index (χ0n) is 11.6. The summed E-state index contributed by atoms with van der Waals surface area (Å²) in [6, 6.07) is 0. The molecular formula is C17H28N. The second-order valence-electron chi connectivity index (χ2n) is 6.64. The van der Waals surface area contributed by atoms with E-state index in [2.05, 4.69) is 24.1 Å². The SMILES string of the molecule is [CH]1NC=CC(C2CCCCC2)C1C1CCCCC1. The highest BCUT2D eigenvalue weighted by atomic mass is 14.9. The van der Waals surface area contributed by atoms with Crippen molar-refractivity contribution >= 4 is 0 Å². The van der Waals surface area contributed by atoms with Crippen LogP contribution in [0.4, 0.5) is 0 Å². The summed E-state index contributed by atoms with van der Waals surface area (Å²) >= 11 is 0. The van der Waals surface area contributed by atoms with Crippen molar-refractivity contribution in [3.05, 3.63) is 18.8 Å². The molecule has 0 saturated heterocycles. The Balaban J connectivity index is 1.67. The van der Waals surface area contributed by atoms with Crippen molar-refractivity contribution in [1.82, 2.24) is 5.32 Å². The first-order valence-corrected chi connectivity index (χ1v) is 8.21. The van der Waals surface area contributed by atoms with Crippen molar-refractivity contribution in [2.24, 2.45) is 23.7 Å². The van der Waals surface area contributed by atoms with Crippen LogP contribution in [-0.2, 0) is 0 Å². The Kier molecular flexibility index (Phi) is 4.28. The van der Waals surface area contributed by atoms with Crippen LogP contribution in [0.5, 0.6) is 0 Å². The first-order chi connectivity index (χ1) is 8.95. The molecule has 1 nitrogen and oxygen atoms in total. The van der Waals surface area contributed by atoms with E-state index in [0.29, 0.717) is 0 Å². The molecule has 0 aromatic carbocycles. The summed E-state index contributed by atoms with van der Waals surface area (Å²) in [6.45, 7) is 2.43. The zero-order chi connectivity index (χ0) is 12.2. The van der Waals surface area contributed by atoms with Crippen molar-refractivity contribution in [3.63, 3.8) is 0 Å². The molecule has 101 valence electrons. The number of allylic oxidation sites excluding steroid dienone is 1. The maximum atomic E-state index is 3.40. The van der Waals surface area contributed by atoms with E-state index < -0.39 is 0 Å². The third-order valence-electron chi connectivity index (χ3n) is 5.54. The second-order valence-corrected chi connectivity index (χ2v) is 6.64. The Bertz CT molecular complexity index is 271. The summed E-state index contributed by atoms with van der Waals surface area (Å²) in [5.74, 6) is 3.59. The molecule has 1 radical (unpaired) electrons. The molecule has 0 amide bonds. The first kappa shape index (κ1) is 12.6. The molecule has 0 spiro atoms. The fourth-order valence-electron chi connectivity index (χ4n) is 4.53. The highest BCUT2D eigenvalue weighted by molar-refractivity contribution is 5.06. The first-order valence-electron chi connectivity index (χ1n) is 8.21. The highest BCUT2D eigenvalue weighted by Gasteiger charge is 2.35. The number of hydrogen-bond acceptors (Lipinski definition) is 1. The van der Waals surface area contributed by atoms with E-state index in [1.165, 1.54) is 64.2 Å². The Morgan fingerprint density at radius 1 is 0.667 bits per heavy atom. The van der Waals surface area contributed by atoms with Crippen LogP contribution in [0.2, 0.25) is 0 Å². The van der Waals surface area contributed by atoms with Gasteiger partial charge in [-0.1, -0.05) is 57.4 Å². The van der Waals surface area contributed by atoms with Crippen LogP contribution in [0.25, 0.3) is 0 Å². The lowest BCUT2D eigenvalue weighted by Gasteiger charge is -2.41. The second kappa shape index (κ2) is 6.12. The van der Waals surface area contributed by atoms with E-state index in [-0.39, 0.29) is 0 Å². The summed E-state index contributed by atoms with van der Waals surface area (Å²) in [5, 5.41) is 3.40. The van der Waals surface area contributed by atoms with Crippen LogP contribution < -0.4 is 5.32 Å². The third-order valence-corrected chi connectivity index (χ3v) is 5.54. The van der Waals surface area contributed by atoms with Gasteiger partial charge >= 0.3 is 0 Å². The summed E-state index contributed by atoms with van der Waals surface area (Å²) in [6.07, 6.45) is 19.4. The van der Waals surface area contributed by atoms with Crippen molar-refractivity contribution < 1.29 is 0 Å². The molecular weight excluding hydrogens is 218 g/mol. The van der Waals surface area contributed by atoms with Gasteiger partial charge in [0.05, 0.1) is 0 Å². The lowest BCUT2D eigenvalue weighted by molar-refractivity contribution is 0.151.